The molecule has 1 aliphatic rings. The number of fused-ring (bicyclic) bond motifs is 1. The molecule has 1 aliphatic heterocycles. The monoisotopic (exact) mass is 216 g/mol. The molecule has 1 fully saturated rings. The third-order valence-electron chi connectivity index (χ3n) is 3.37. The summed E-state index contributed by atoms with van der Waals surface area (Å²) in [4.78, 5) is 6.66. The van der Waals surface area contributed by atoms with Crippen LogP contribution in [0.15, 0.2) is 18.3 Å². The average Bonchev–Trinajstić information content (AvgIpc) is 2.86. The molecule has 1 atom stereocenters. The first kappa shape index (κ1) is 9.63. The van der Waals surface area contributed by atoms with Crippen molar-refractivity contribution in [3.63, 3.8) is 0 Å². The minimum Gasteiger partial charge on any atom is -0.352 e. The molecule has 84 valence electrons. The number of hydrogen-bond acceptors (Lipinski definition) is 3. The van der Waals surface area contributed by atoms with E-state index < -0.39 is 0 Å². The maximum absolute atomic E-state index is 4.65. The third kappa shape index (κ3) is 1.37. The van der Waals surface area contributed by atoms with Gasteiger partial charge in [-0.1, -0.05) is 0 Å². The summed E-state index contributed by atoms with van der Waals surface area (Å²) in [5.74, 6) is 1.07. The molecule has 0 radical (unpaired) electrons. The number of anilines is 1. The molecule has 0 saturated carbocycles. The quantitative estimate of drug-likeness (QED) is 0.731. The van der Waals surface area contributed by atoms with Crippen molar-refractivity contribution in [1.29, 1.82) is 0 Å². The van der Waals surface area contributed by atoms with Crippen LogP contribution in [0.3, 0.4) is 0 Å². The van der Waals surface area contributed by atoms with E-state index in [1.54, 1.807) is 0 Å². The molecule has 1 saturated heterocycles. The average molecular weight is 216 g/mol. The molecular weight excluding hydrogens is 200 g/mol. The van der Waals surface area contributed by atoms with E-state index in [0.29, 0.717) is 6.04 Å². The number of hydrogen-bond donors (Lipinski definition) is 0. The number of nitrogens with zero attached hydrogens (tertiary/aromatic N) is 4. The van der Waals surface area contributed by atoms with Crippen molar-refractivity contribution < 1.29 is 0 Å². The molecule has 16 heavy (non-hydrogen) atoms. The molecule has 0 bridgehead atoms. The molecule has 0 amide bonds. The first-order valence-corrected chi connectivity index (χ1v) is 5.84. The maximum atomic E-state index is 4.65. The second-order valence-electron chi connectivity index (χ2n) is 4.55. The van der Waals surface area contributed by atoms with E-state index >= 15 is 0 Å². The van der Waals surface area contributed by atoms with Crippen LogP contribution in [0.2, 0.25) is 0 Å². The molecular formula is C12H16N4. The standard InChI is InChI=1S/C12H16N4/c1-9-4-3-7-15(9)12-6-5-11-13-8-10(2)16(11)14-12/h5-6,8-9H,3-4,7H2,1-2H3/t9-/m0/s1. The Balaban J connectivity index is 2.07. The fraction of sp³-hybridized carbons (Fsp3) is 0.500. The van der Waals surface area contributed by atoms with Crippen LogP contribution in [0.5, 0.6) is 0 Å². The van der Waals surface area contributed by atoms with Gasteiger partial charge < -0.3 is 4.90 Å². The second kappa shape index (κ2) is 3.47. The summed E-state index contributed by atoms with van der Waals surface area (Å²) in [6, 6.07) is 4.72. The normalized spacial score (nSPS) is 20.9. The van der Waals surface area contributed by atoms with Crippen LogP contribution in [-0.4, -0.2) is 27.2 Å². The van der Waals surface area contributed by atoms with Gasteiger partial charge in [-0.15, -0.1) is 5.10 Å². The molecule has 0 N–H and O–H groups in total. The van der Waals surface area contributed by atoms with Crippen LogP contribution >= 0.6 is 0 Å². The lowest BCUT2D eigenvalue weighted by molar-refractivity contribution is 0.715. The van der Waals surface area contributed by atoms with Crippen LogP contribution < -0.4 is 4.90 Å². The number of rotatable bonds is 1. The molecule has 3 rings (SSSR count). The SMILES string of the molecule is Cc1cnc2ccc(N3CCC[C@@H]3C)nn12. The number of aromatic nitrogens is 3. The molecule has 3 heterocycles. The molecule has 0 aliphatic carbocycles. The van der Waals surface area contributed by atoms with Gasteiger partial charge in [0.25, 0.3) is 0 Å². The van der Waals surface area contributed by atoms with E-state index in [4.69, 9.17) is 0 Å². The number of imidazole rings is 1. The van der Waals surface area contributed by atoms with Crippen molar-refractivity contribution in [2.24, 2.45) is 0 Å². The highest BCUT2D eigenvalue weighted by atomic mass is 15.3. The Kier molecular flexibility index (Phi) is 2.09. The fourth-order valence-electron chi connectivity index (χ4n) is 2.40. The Morgan fingerprint density at radius 2 is 2.25 bits per heavy atom. The van der Waals surface area contributed by atoms with Crippen molar-refractivity contribution in [2.75, 3.05) is 11.4 Å². The van der Waals surface area contributed by atoms with Gasteiger partial charge >= 0.3 is 0 Å². The summed E-state index contributed by atoms with van der Waals surface area (Å²) >= 11 is 0. The molecule has 4 heteroatoms. The van der Waals surface area contributed by atoms with Crippen molar-refractivity contribution >= 4 is 11.5 Å². The lowest BCUT2D eigenvalue weighted by Crippen LogP contribution is -2.27. The Bertz CT molecular complexity index is 517. The fourth-order valence-corrected chi connectivity index (χ4v) is 2.40. The van der Waals surface area contributed by atoms with Gasteiger partial charge in [-0.05, 0) is 38.8 Å². The van der Waals surface area contributed by atoms with Crippen LogP contribution in [0.25, 0.3) is 5.65 Å². The number of aryl methyl sites for hydroxylation is 1. The minimum absolute atomic E-state index is 0.605. The minimum atomic E-state index is 0.605. The molecule has 0 spiro atoms. The van der Waals surface area contributed by atoms with E-state index in [-0.39, 0.29) is 0 Å². The second-order valence-corrected chi connectivity index (χ2v) is 4.55. The van der Waals surface area contributed by atoms with Gasteiger partial charge in [0.05, 0.1) is 11.9 Å². The molecule has 0 aromatic carbocycles. The first-order chi connectivity index (χ1) is 7.75. The highest BCUT2D eigenvalue weighted by Crippen LogP contribution is 2.23. The van der Waals surface area contributed by atoms with E-state index in [0.717, 1.165) is 23.7 Å². The summed E-state index contributed by atoms with van der Waals surface area (Å²) in [6.45, 7) is 5.41. The zero-order valence-electron chi connectivity index (χ0n) is 9.72. The Morgan fingerprint density at radius 3 is 3.00 bits per heavy atom. The van der Waals surface area contributed by atoms with Gasteiger partial charge in [0.15, 0.2) is 5.65 Å². The maximum Gasteiger partial charge on any atom is 0.153 e. The highest BCUT2D eigenvalue weighted by molar-refractivity contribution is 5.47. The molecule has 4 nitrogen and oxygen atoms in total. The summed E-state index contributed by atoms with van der Waals surface area (Å²) in [5, 5.41) is 4.65. The van der Waals surface area contributed by atoms with Crippen LogP contribution in [0, 0.1) is 6.92 Å². The van der Waals surface area contributed by atoms with Crippen molar-refractivity contribution in [2.45, 2.75) is 32.7 Å². The van der Waals surface area contributed by atoms with Crippen molar-refractivity contribution in [1.82, 2.24) is 14.6 Å². The molecule has 2 aromatic heterocycles. The largest absolute Gasteiger partial charge is 0.352 e. The summed E-state index contributed by atoms with van der Waals surface area (Å²) in [5.41, 5.74) is 2.01. The van der Waals surface area contributed by atoms with Crippen LogP contribution in [0.4, 0.5) is 5.82 Å². The predicted octanol–water partition coefficient (Wildman–Crippen LogP) is 2.03. The molecule has 2 aromatic rings. The lowest BCUT2D eigenvalue weighted by atomic mass is 10.2. The van der Waals surface area contributed by atoms with Gasteiger partial charge in [0.2, 0.25) is 0 Å². The lowest BCUT2D eigenvalue weighted by Gasteiger charge is -2.22. The summed E-state index contributed by atoms with van der Waals surface area (Å²) < 4.78 is 1.92. The predicted molar refractivity (Wildman–Crippen MR) is 63.8 cm³/mol. The van der Waals surface area contributed by atoms with E-state index in [9.17, 15) is 0 Å². The van der Waals surface area contributed by atoms with E-state index in [1.807, 2.05) is 23.7 Å². The first-order valence-electron chi connectivity index (χ1n) is 5.84. The summed E-state index contributed by atoms with van der Waals surface area (Å²) in [6.07, 6.45) is 4.39. The van der Waals surface area contributed by atoms with Gasteiger partial charge in [0, 0.05) is 12.6 Å². The van der Waals surface area contributed by atoms with Crippen LogP contribution in [-0.2, 0) is 0 Å². The third-order valence-corrected chi connectivity index (χ3v) is 3.37. The Labute approximate surface area is 94.9 Å². The van der Waals surface area contributed by atoms with E-state index in [1.165, 1.54) is 12.8 Å². The molecule has 0 unspecified atom stereocenters. The topological polar surface area (TPSA) is 33.4 Å². The Morgan fingerprint density at radius 1 is 1.38 bits per heavy atom. The van der Waals surface area contributed by atoms with E-state index in [2.05, 4.69) is 28.0 Å². The highest BCUT2D eigenvalue weighted by Gasteiger charge is 2.21. The van der Waals surface area contributed by atoms with Crippen molar-refractivity contribution in [3.05, 3.63) is 24.0 Å². The summed E-state index contributed by atoms with van der Waals surface area (Å²) in [7, 11) is 0. The van der Waals surface area contributed by atoms with Crippen LogP contribution in [0.1, 0.15) is 25.5 Å². The van der Waals surface area contributed by atoms with Gasteiger partial charge in [-0.3, -0.25) is 0 Å². The Hall–Kier alpha value is -1.58. The van der Waals surface area contributed by atoms with Crippen molar-refractivity contribution in [3.8, 4) is 0 Å². The van der Waals surface area contributed by atoms with Gasteiger partial charge in [-0.2, -0.15) is 0 Å². The zero-order valence-corrected chi connectivity index (χ0v) is 9.72. The smallest absolute Gasteiger partial charge is 0.153 e. The van der Waals surface area contributed by atoms with Gasteiger partial charge in [-0.25, -0.2) is 9.50 Å². The zero-order chi connectivity index (χ0) is 11.1. The van der Waals surface area contributed by atoms with Gasteiger partial charge in [0.1, 0.15) is 5.82 Å².